The largest absolute Gasteiger partial charge is 1.00 e. The molecule has 0 unspecified atom stereocenters. The minimum atomic E-state index is 0. The smallest absolute Gasteiger partial charge is 1.00 e. The molecule has 0 atom stereocenters. The zero-order valence-electron chi connectivity index (χ0n) is 28.0. The van der Waals surface area contributed by atoms with Crippen molar-refractivity contribution in [2.24, 2.45) is 0 Å². The fraction of sp³-hybridized carbons (Fsp3) is 0.268. The van der Waals surface area contributed by atoms with Crippen molar-refractivity contribution < 1.29 is 49.0 Å². The summed E-state index contributed by atoms with van der Waals surface area (Å²) in [4.78, 5) is 0. The first-order chi connectivity index (χ1) is 20.8. The second-order valence-electron chi connectivity index (χ2n) is 12.7. The van der Waals surface area contributed by atoms with Crippen LogP contribution in [0.25, 0.3) is 11.1 Å². The molecule has 5 heteroatoms. The SMILES string of the molecule is CCc1cc(C(C)(C)C)c[cH-]1.Cc1[c-]c2c(cc1C)-c1cc(C)c(C)cc1C2.Clc1ccc([C](=[Zr+2])c2ccc(Cl)cc2)cc1.[Cl-].[Cl-]. The standard InChI is InChI=1S/C17H17.C13H8Cl2.C11H17.2ClH.Zr/c1-10-5-14-9-15-6-11(2)13(4)8-17(15)16(14)7-12(10)3;14-12-5-1-10(2-6-12)9-11-3-7-13(15)8-4-11;1-5-9-6-7-10(8-9)11(2,3)4;;;/h5,7-8H,9H2,1-4H3;1-8H;6-8H,5H2,1-4H3;2*1H;/q-1;;-1;;;+2/p-2. The summed E-state index contributed by atoms with van der Waals surface area (Å²) < 4.78 is 1.31. The molecule has 0 heterocycles. The van der Waals surface area contributed by atoms with Crippen LogP contribution < -0.4 is 24.8 Å². The average Bonchev–Trinajstić information content (AvgIpc) is 3.60. The normalized spacial score (nSPS) is 11.0. The van der Waals surface area contributed by atoms with Gasteiger partial charge in [0.25, 0.3) is 0 Å². The maximum atomic E-state index is 5.86. The van der Waals surface area contributed by atoms with Crippen LogP contribution in [0.4, 0.5) is 0 Å². The summed E-state index contributed by atoms with van der Waals surface area (Å²) in [5, 5.41) is 1.53. The van der Waals surface area contributed by atoms with Gasteiger partial charge in [0, 0.05) is 0 Å². The van der Waals surface area contributed by atoms with E-state index in [4.69, 9.17) is 23.2 Å². The molecule has 240 valence electrons. The molecule has 0 saturated heterocycles. The molecule has 0 saturated carbocycles. The molecule has 1 aliphatic carbocycles. The van der Waals surface area contributed by atoms with Crippen molar-refractivity contribution in [1.29, 1.82) is 0 Å². The summed E-state index contributed by atoms with van der Waals surface area (Å²) in [5.41, 5.74) is 16.7. The van der Waals surface area contributed by atoms with Crippen LogP contribution >= 0.6 is 23.2 Å². The monoisotopic (exact) mass is 764 g/mol. The van der Waals surface area contributed by atoms with Crippen LogP contribution in [0.15, 0.2) is 84.9 Å². The number of hydrogen-bond donors (Lipinski definition) is 0. The number of rotatable bonds is 3. The van der Waals surface area contributed by atoms with E-state index in [1.807, 2.05) is 48.5 Å². The van der Waals surface area contributed by atoms with Crippen molar-refractivity contribution in [3.8, 4) is 11.1 Å². The molecule has 0 aromatic heterocycles. The van der Waals surface area contributed by atoms with Gasteiger partial charge in [-0.15, -0.1) is 11.1 Å². The first-order valence-electron chi connectivity index (χ1n) is 15.3. The molecular formula is C41H42Cl4Zr-2. The molecule has 1 aliphatic rings. The third-order valence-corrected chi connectivity index (χ3v) is 10.3. The van der Waals surface area contributed by atoms with Gasteiger partial charge in [-0.2, -0.15) is 46.5 Å². The van der Waals surface area contributed by atoms with Gasteiger partial charge >= 0.3 is 120 Å². The summed E-state index contributed by atoms with van der Waals surface area (Å²) in [5.74, 6) is 0. The Bertz CT molecular complexity index is 1650. The quantitative estimate of drug-likeness (QED) is 0.204. The fourth-order valence-electron chi connectivity index (χ4n) is 5.23. The molecule has 0 aliphatic heterocycles. The van der Waals surface area contributed by atoms with E-state index >= 15 is 0 Å². The van der Waals surface area contributed by atoms with Crippen LogP contribution in [0, 0.1) is 33.8 Å². The number of aryl methyl sites for hydroxylation is 5. The molecule has 0 fully saturated rings. The zero-order valence-corrected chi connectivity index (χ0v) is 33.5. The Hall–Kier alpha value is -1.86. The number of halogens is 4. The van der Waals surface area contributed by atoms with E-state index in [1.54, 1.807) is 0 Å². The molecule has 0 bridgehead atoms. The first-order valence-corrected chi connectivity index (χ1v) is 17.2. The van der Waals surface area contributed by atoms with E-state index in [-0.39, 0.29) is 24.8 Å². The molecular weight excluding hydrogens is 725 g/mol. The van der Waals surface area contributed by atoms with Gasteiger partial charge in [0.05, 0.1) is 0 Å². The van der Waals surface area contributed by atoms with E-state index in [0.29, 0.717) is 5.41 Å². The van der Waals surface area contributed by atoms with Gasteiger partial charge in [-0.1, -0.05) is 71.1 Å². The van der Waals surface area contributed by atoms with Gasteiger partial charge in [0.15, 0.2) is 0 Å². The van der Waals surface area contributed by atoms with Crippen molar-refractivity contribution in [2.45, 2.75) is 73.6 Å². The van der Waals surface area contributed by atoms with Crippen molar-refractivity contribution in [3.63, 3.8) is 0 Å². The maximum Gasteiger partial charge on any atom is -1.00 e. The summed E-state index contributed by atoms with van der Waals surface area (Å²) in [6.45, 7) is 17.7. The van der Waals surface area contributed by atoms with Gasteiger partial charge in [-0.3, -0.25) is 0 Å². The second-order valence-corrected chi connectivity index (χ2v) is 14.8. The summed E-state index contributed by atoms with van der Waals surface area (Å²) in [6, 6.07) is 33.1. The van der Waals surface area contributed by atoms with Gasteiger partial charge < -0.3 is 24.8 Å². The maximum absolute atomic E-state index is 5.86. The number of fused-ring (bicyclic) bond motifs is 3. The van der Waals surface area contributed by atoms with Gasteiger partial charge in [0.2, 0.25) is 0 Å². The Morgan fingerprint density at radius 2 is 1.26 bits per heavy atom. The van der Waals surface area contributed by atoms with Crippen molar-refractivity contribution in [1.82, 2.24) is 0 Å². The van der Waals surface area contributed by atoms with E-state index in [9.17, 15) is 0 Å². The van der Waals surface area contributed by atoms with Crippen molar-refractivity contribution in [3.05, 3.63) is 157 Å². The molecule has 0 radical (unpaired) electrons. The van der Waals surface area contributed by atoms with E-state index in [2.05, 4.69) is 97.9 Å². The number of benzene rings is 4. The van der Waals surface area contributed by atoms with E-state index < -0.39 is 0 Å². The summed E-state index contributed by atoms with van der Waals surface area (Å²) in [7, 11) is 0. The van der Waals surface area contributed by atoms with Gasteiger partial charge in [-0.25, -0.2) is 6.07 Å². The molecule has 5 aromatic carbocycles. The summed E-state index contributed by atoms with van der Waals surface area (Å²) in [6.07, 6.45) is 2.20. The van der Waals surface area contributed by atoms with Crippen LogP contribution in [0.3, 0.4) is 0 Å². The predicted octanol–water partition coefficient (Wildman–Crippen LogP) is 5.67. The zero-order chi connectivity index (χ0) is 32.2. The molecule has 0 nitrogen and oxygen atoms in total. The van der Waals surface area contributed by atoms with Crippen LogP contribution in [0.5, 0.6) is 0 Å². The van der Waals surface area contributed by atoms with Crippen LogP contribution in [0.1, 0.15) is 83.3 Å². The Kier molecular flexibility index (Phi) is 15.4. The third-order valence-electron chi connectivity index (χ3n) is 8.35. The molecule has 0 N–H and O–H groups in total. The second kappa shape index (κ2) is 17.5. The van der Waals surface area contributed by atoms with E-state index in [0.717, 1.165) is 22.9 Å². The van der Waals surface area contributed by atoms with Crippen LogP contribution in [0.2, 0.25) is 10.0 Å². The Morgan fingerprint density at radius 1 is 0.761 bits per heavy atom. The minimum absolute atomic E-state index is 0. The molecule has 5 aromatic rings. The average molecular weight is 768 g/mol. The van der Waals surface area contributed by atoms with Crippen molar-refractivity contribution >= 4 is 26.4 Å². The topological polar surface area (TPSA) is 0 Å². The van der Waals surface area contributed by atoms with Gasteiger partial charge in [-0.05, 0) is 37.0 Å². The first kappa shape index (κ1) is 40.3. The van der Waals surface area contributed by atoms with Crippen LogP contribution in [-0.4, -0.2) is 3.21 Å². The molecule has 0 spiro atoms. The third kappa shape index (κ3) is 10.3. The fourth-order valence-corrected chi connectivity index (χ4v) is 6.30. The van der Waals surface area contributed by atoms with E-state index in [1.165, 1.54) is 94.2 Å². The molecule has 0 amide bonds. The summed E-state index contributed by atoms with van der Waals surface area (Å²) >= 11 is 13.1. The Labute approximate surface area is 314 Å². The van der Waals surface area contributed by atoms with Crippen LogP contribution in [-0.2, 0) is 42.5 Å². The minimum Gasteiger partial charge on any atom is -1.00 e. The predicted molar refractivity (Wildman–Crippen MR) is 189 cm³/mol. The Morgan fingerprint density at radius 3 is 1.72 bits per heavy atom. The Balaban J connectivity index is 0.000000241. The molecule has 46 heavy (non-hydrogen) atoms. The molecule has 6 rings (SSSR count). The van der Waals surface area contributed by atoms with Gasteiger partial charge in [0.1, 0.15) is 0 Å². The number of hydrogen-bond acceptors (Lipinski definition) is 0. The van der Waals surface area contributed by atoms with Crippen molar-refractivity contribution in [2.75, 3.05) is 0 Å².